The van der Waals surface area contributed by atoms with Gasteiger partial charge < -0.3 is 10.1 Å². The molecule has 0 heterocycles. The molecular weight excluding hydrogens is 330 g/mol. The van der Waals surface area contributed by atoms with E-state index in [1.807, 2.05) is 56.3 Å². The zero-order chi connectivity index (χ0) is 19.1. The van der Waals surface area contributed by atoms with E-state index < -0.39 is 24.5 Å². The lowest BCUT2D eigenvalue weighted by Crippen LogP contribution is -2.43. The Hall–Kier alpha value is -2.95. The molecule has 1 atom stereocenters. The summed E-state index contributed by atoms with van der Waals surface area (Å²) in [5, 5.41) is 2.63. The number of rotatable bonds is 7. The number of nitrogens with one attached hydrogen (secondary N) is 1. The van der Waals surface area contributed by atoms with E-state index >= 15 is 0 Å². The number of carbonyl (C=O) groups is 3. The van der Waals surface area contributed by atoms with Crippen LogP contribution in [-0.4, -0.2) is 30.3 Å². The van der Waals surface area contributed by atoms with Crippen molar-refractivity contribution in [2.75, 3.05) is 6.61 Å². The number of amides is 1. The van der Waals surface area contributed by atoms with Crippen LogP contribution >= 0.6 is 0 Å². The van der Waals surface area contributed by atoms with E-state index in [4.69, 9.17) is 4.74 Å². The summed E-state index contributed by atoms with van der Waals surface area (Å²) in [6.45, 7) is 4.75. The molecule has 0 bridgehead atoms. The molecule has 2 aromatic carbocycles. The predicted molar refractivity (Wildman–Crippen MR) is 99.0 cm³/mol. The second-order valence-electron chi connectivity index (χ2n) is 6.31. The van der Waals surface area contributed by atoms with Crippen LogP contribution in [0.15, 0.2) is 48.5 Å². The van der Waals surface area contributed by atoms with Gasteiger partial charge in [-0.25, -0.2) is 4.79 Å². The van der Waals surface area contributed by atoms with Crippen molar-refractivity contribution in [2.45, 2.75) is 33.2 Å². The molecule has 2 rings (SSSR count). The van der Waals surface area contributed by atoms with E-state index in [-0.39, 0.29) is 5.78 Å². The summed E-state index contributed by atoms with van der Waals surface area (Å²) in [5.41, 5.74) is 3.21. The first-order valence-corrected chi connectivity index (χ1v) is 8.45. The summed E-state index contributed by atoms with van der Waals surface area (Å²) in [5.74, 6) is -1.21. The monoisotopic (exact) mass is 353 g/mol. The normalized spacial score (nSPS) is 11.5. The molecule has 136 valence electrons. The first-order chi connectivity index (χ1) is 12.4. The first kappa shape index (κ1) is 19.4. The summed E-state index contributed by atoms with van der Waals surface area (Å²) in [7, 11) is 0. The summed E-state index contributed by atoms with van der Waals surface area (Å²) < 4.78 is 5.08. The number of ketones is 1. The van der Waals surface area contributed by atoms with Crippen LogP contribution in [-0.2, 0) is 20.7 Å². The van der Waals surface area contributed by atoms with E-state index in [9.17, 15) is 14.4 Å². The minimum atomic E-state index is -0.648. The fraction of sp³-hybridized carbons (Fsp3) is 0.286. The van der Waals surface area contributed by atoms with E-state index in [1.165, 1.54) is 6.92 Å². The number of Topliss-reactive ketones (excluding diaryl/α,β-unsaturated/α-hetero) is 1. The molecule has 1 amide bonds. The van der Waals surface area contributed by atoms with Crippen molar-refractivity contribution in [3.63, 3.8) is 0 Å². The maximum absolute atomic E-state index is 12.1. The topological polar surface area (TPSA) is 72.5 Å². The highest BCUT2D eigenvalue weighted by atomic mass is 16.5. The molecule has 0 aliphatic carbocycles. The summed E-state index contributed by atoms with van der Waals surface area (Å²) in [4.78, 5) is 36.0. The van der Waals surface area contributed by atoms with Gasteiger partial charge in [-0.1, -0.05) is 48.0 Å². The van der Waals surface area contributed by atoms with Gasteiger partial charge in [0.25, 0.3) is 5.91 Å². The third kappa shape index (κ3) is 5.55. The molecule has 0 saturated heterocycles. The number of aryl methyl sites for hydroxylation is 2. The van der Waals surface area contributed by atoms with Crippen LogP contribution in [0.4, 0.5) is 0 Å². The van der Waals surface area contributed by atoms with Gasteiger partial charge in [0.1, 0.15) is 0 Å². The maximum atomic E-state index is 12.1. The fourth-order valence-electron chi connectivity index (χ4n) is 2.63. The summed E-state index contributed by atoms with van der Waals surface area (Å²) in [6.07, 6.45) is 0.396. The van der Waals surface area contributed by atoms with Crippen LogP contribution in [0.1, 0.15) is 34.0 Å². The fourth-order valence-corrected chi connectivity index (χ4v) is 2.63. The van der Waals surface area contributed by atoms with Crippen LogP contribution < -0.4 is 5.32 Å². The highest BCUT2D eigenvalue weighted by molar-refractivity contribution is 5.93. The molecule has 5 heteroatoms. The molecule has 0 aliphatic heterocycles. The van der Waals surface area contributed by atoms with Gasteiger partial charge in [0, 0.05) is 0 Å². The molecule has 26 heavy (non-hydrogen) atoms. The van der Waals surface area contributed by atoms with Crippen LogP contribution in [0.2, 0.25) is 0 Å². The Morgan fingerprint density at radius 3 is 2.35 bits per heavy atom. The zero-order valence-electron chi connectivity index (χ0n) is 15.2. The Balaban J connectivity index is 1.91. The van der Waals surface area contributed by atoms with Gasteiger partial charge in [-0.05, 0) is 44.4 Å². The Labute approximate surface area is 153 Å². The van der Waals surface area contributed by atoms with Crippen molar-refractivity contribution < 1.29 is 19.1 Å². The first-order valence-electron chi connectivity index (χ1n) is 8.45. The molecule has 0 aliphatic rings. The average Bonchev–Trinajstić information content (AvgIpc) is 2.60. The van der Waals surface area contributed by atoms with Gasteiger partial charge in [0.2, 0.25) is 0 Å². The molecule has 0 unspecified atom stereocenters. The van der Waals surface area contributed by atoms with Gasteiger partial charge in [-0.15, -0.1) is 0 Å². The minimum absolute atomic E-state index is 0.150. The second-order valence-corrected chi connectivity index (χ2v) is 6.31. The Morgan fingerprint density at radius 1 is 1.04 bits per heavy atom. The van der Waals surface area contributed by atoms with Crippen molar-refractivity contribution in [3.05, 3.63) is 70.8 Å². The molecule has 0 fully saturated rings. The number of carbonyl (C=O) groups excluding carboxylic acids is 3. The Bertz CT molecular complexity index is 799. The maximum Gasteiger partial charge on any atom is 0.338 e. The highest BCUT2D eigenvalue weighted by Crippen LogP contribution is 2.11. The number of ether oxygens (including phenoxy) is 1. The van der Waals surface area contributed by atoms with Crippen LogP contribution in [0.3, 0.4) is 0 Å². The van der Waals surface area contributed by atoms with Gasteiger partial charge in [0.05, 0.1) is 11.6 Å². The number of benzene rings is 2. The Morgan fingerprint density at radius 2 is 1.73 bits per heavy atom. The van der Waals surface area contributed by atoms with E-state index in [1.54, 1.807) is 6.07 Å². The summed E-state index contributed by atoms with van der Waals surface area (Å²) >= 11 is 0. The molecule has 0 spiro atoms. The van der Waals surface area contributed by atoms with Crippen molar-refractivity contribution >= 4 is 17.7 Å². The summed E-state index contributed by atoms with van der Waals surface area (Å²) in [6, 6.07) is 14.1. The number of esters is 1. The van der Waals surface area contributed by atoms with E-state index in [2.05, 4.69) is 5.32 Å². The average molecular weight is 353 g/mol. The lowest BCUT2D eigenvalue weighted by Gasteiger charge is -2.16. The zero-order valence-corrected chi connectivity index (χ0v) is 15.2. The van der Waals surface area contributed by atoms with Crippen molar-refractivity contribution in [1.82, 2.24) is 5.32 Å². The highest BCUT2D eigenvalue weighted by Gasteiger charge is 2.19. The standard InChI is InChI=1S/C21H23NO4/c1-14-9-10-18(15(2)11-14)21(25)26-13-20(24)22-19(16(3)23)12-17-7-5-4-6-8-17/h4-11,19H,12-13H2,1-3H3,(H,22,24)/t19-/m1/s1. The third-order valence-corrected chi connectivity index (χ3v) is 4.04. The molecule has 0 aromatic heterocycles. The van der Waals surface area contributed by atoms with Gasteiger partial charge in [0.15, 0.2) is 12.4 Å². The predicted octanol–water partition coefficient (Wildman–Crippen LogP) is 2.78. The smallest absolute Gasteiger partial charge is 0.338 e. The van der Waals surface area contributed by atoms with Gasteiger partial charge in [-0.3, -0.25) is 9.59 Å². The number of hydrogen-bond acceptors (Lipinski definition) is 4. The lowest BCUT2D eigenvalue weighted by atomic mass is 10.0. The molecule has 0 saturated carbocycles. The molecule has 5 nitrogen and oxygen atoms in total. The van der Waals surface area contributed by atoms with Crippen molar-refractivity contribution in [1.29, 1.82) is 0 Å². The lowest BCUT2D eigenvalue weighted by molar-refractivity contribution is -0.128. The largest absolute Gasteiger partial charge is 0.452 e. The van der Waals surface area contributed by atoms with Crippen LogP contribution in [0.25, 0.3) is 0 Å². The second kappa shape index (κ2) is 8.94. The van der Waals surface area contributed by atoms with Crippen molar-refractivity contribution in [2.24, 2.45) is 0 Å². The quantitative estimate of drug-likeness (QED) is 0.777. The minimum Gasteiger partial charge on any atom is -0.452 e. The number of hydrogen-bond donors (Lipinski definition) is 1. The van der Waals surface area contributed by atoms with E-state index in [0.717, 1.165) is 16.7 Å². The SMILES string of the molecule is CC(=O)[C@@H](Cc1ccccc1)NC(=O)COC(=O)c1ccc(C)cc1C. The van der Waals surface area contributed by atoms with E-state index in [0.29, 0.717) is 12.0 Å². The third-order valence-electron chi connectivity index (χ3n) is 4.04. The molecule has 2 aromatic rings. The van der Waals surface area contributed by atoms with Gasteiger partial charge in [-0.2, -0.15) is 0 Å². The van der Waals surface area contributed by atoms with Crippen LogP contribution in [0.5, 0.6) is 0 Å². The van der Waals surface area contributed by atoms with Gasteiger partial charge >= 0.3 is 5.97 Å². The molecule has 0 radical (unpaired) electrons. The Kier molecular flexibility index (Phi) is 6.67. The molecule has 1 N–H and O–H groups in total. The van der Waals surface area contributed by atoms with Crippen molar-refractivity contribution in [3.8, 4) is 0 Å². The molecular formula is C21H23NO4. The van der Waals surface area contributed by atoms with Crippen LogP contribution in [0, 0.1) is 13.8 Å².